The third-order valence-corrected chi connectivity index (χ3v) is 9.81. The molecule has 2 saturated carbocycles. The van der Waals surface area contributed by atoms with Gasteiger partial charge in [-0.15, -0.1) is 0 Å². The van der Waals surface area contributed by atoms with Gasteiger partial charge >= 0.3 is 0 Å². The molecule has 2 aromatic carbocycles. The van der Waals surface area contributed by atoms with E-state index in [4.69, 9.17) is 0 Å². The van der Waals surface area contributed by atoms with Gasteiger partial charge in [-0.25, -0.2) is 0 Å². The molecule has 0 amide bonds. The smallest absolute Gasteiger partial charge is 0.135 e. The molecule has 0 atom stereocenters. The first-order chi connectivity index (χ1) is 19.5. The Hall–Kier alpha value is -2.55. The monoisotopic (exact) mass is 542 g/mol. The number of carbonyl (C=O) groups is 3. The molecule has 0 bridgehead atoms. The van der Waals surface area contributed by atoms with Crippen molar-refractivity contribution in [3.63, 3.8) is 0 Å². The van der Waals surface area contributed by atoms with Gasteiger partial charge in [0.25, 0.3) is 0 Å². The molecule has 2 aromatic rings. The first-order valence-electron chi connectivity index (χ1n) is 16.2. The van der Waals surface area contributed by atoms with Crippen LogP contribution in [-0.2, 0) is 27.2 Å². The number of ketones is 3. The molecule has 2 fully saturated rings. The maximum Gasteiger partial charge on any atom is 0.135 e. The van der Waals surface area contributed by atoms with E-state index in [0.717, 1.165) is 77.0 Å². The molecule has 3 nitrogen and oxygen atoms in total. The SMILES string of the molecule is CCC(=O)C1CCC(c2ccc(CCCC(=O)CCCc3ccc(C4CCC(C(=O)CC)CC4)cc3)cc2)CC1. The second-order valence-electron chi connectivity index (χ2n) is 12.5. The molecule has 3 heteroatoms. The van der Waals surface area contributed by atoms with Crippen LogP contribution in [0.3, 0.4) is 0 Å². The lowest BCUT2D eigenvalue weighted by Gasteiger charge is -2.28. The zero-order valence-corrected chi connectivity index (χ0v) is 25.0. The van der Waals surface area contributed by atoms with Crippen LogP contribution in [-0.4, -0.2) is 17.3 Å². The van der Waals surface area contributed by atoms with Crippen molar-refractivity contribution in [2.45, 2.75) is 128 Å². The highest BCUT2D eigenvalue weighted by atomic mass is 16.1. The van der Waals surface area contributed by atoms with Crippen molar-refractivity contribution in [2.24, 2.45) is 11.8 Å². The van der Waals surface area contributed by atoms with Crippen LogP contribution in [0.25, 0.3) is 0 Å². The number of carbonyl (C=O) groups excluding carboxylic acids is 3. The van der Waals surface area contributed by atoms with Gasteiger partial charge < -0.3 is 0 Å². The van der Waals surface area contributed by atoms with E-state index < -0.39 is 0 Å². The van der Waals surface area contributed by atoms with Gasteiger partial charge in [0.05, 0.1) is 0 Å². The van der Waals surface area contributed by atoms with Crippen molar-refractivity contribution in [1.29, 1.82) is 0 Å². The molecule has 2 aliphatic rings. The van der Waals surface area contributed by atoms with E-state index in [1.54, 1.807) is 0 Å². The molecule has 0 aromatic heterocycles. The number of hydrogen-bond acceptors (Lipinski definition) is 3. The highest BCUT2D eigenvalue weighted by molar-refractivity contribution is 5.81. The van der Waals surface area contributed by atoms with Crippen LogP contribution in [0.4, 0.5) is 0 Å². The molecule has 0 saturated heterocycles. The molecular weight excluding hydrogens is 492 g/mol. The summed E-state index contributed by atoms with van der Waals surface area (Å²) in [6.07, 6.45) is 15.1. The molecule has 0 aliphatic heterocycles. The summed E-state index contributed by atoms with van der Waals surface area (Å²) >= 11 is 0. The molecular formula is C37H50O3. The Bertz CT molecular complexity index is 994. The van der Waals surface area contributed by atoms with Crippen LogP contribution in [0.1, 0.15) is 138 Å². The summed E-state index contributed by atoms with van der Waals surface area (Å²) in [6, 6.07) is 18.0. The lowest BCUT2D eigenvalue weighted by atomic mass is 9.76. The Kier molecular flexibility index (Phi) is 11.7. The Morgan fingerprint density at radius 3 is 1.23 bits per heavy atom. The Labute approximate surface area is 242 Å². The number of aryl methyl sites for hydroxylation is 2. The van der Waals surface area contributed by atoms with Crippen LogP contribution in [0, 0.1) is 11.8 Å². The fourth-order valence-electron chi connectivity index (χ4n) is 7.09. The second kappa shape index (κ2) is 15.5. The van der Waals surface area contributed by atoms with Crippen molar-refractivity contribution in [2.75, 3.05) is 0 Å². The molecule has 0 spiro atoms. The van der Waals surface area contributed by atoms with Gasteiger partial charge in [0, 0.05) is 37.5 Å². The summed E-state index contributed by atoms with van der Waals surface area (Å²) in [5.41, 5.74) is 5.45. The van der Waals surface area contributed by atoms with Gasteiger partial charge in [0.2, 0.25) is 0 Å². The van der Waals surface area contributed by atoms with Crippen molar-refractivity contribution in [1.82, 2.24) is 0 Å². The van der Waals surface area contributed by atoms with Gasteiger partial charge in [-0.05, 0) is 111 Å². The van der Waals surface area contributed by atoms with E-state index >= 15 is 0 Å². The normalized spacial score (nSPS) is 23.1. The highest BCUT2D eigenvalue weighted by Gasteiger charge is 2.27. The minimum Gasteiger partial charge on any atom is -0.300 e. The van der Waals surface area contributed by atoms with E-state index in [2.05, 4.69) is 48.5 Å². The lowest BCUT2D eigenvalue weighted by Crippen LogP contribution is -2.20. The summed E-state index contributed by atoms with van der Waals surface area (Å²) in [7, 11) is 0. The summed E-state index contributed by atoms with van der Waals surface area (Å²) in [4.78, 5) is 36.5. The molecule has 40 heavy (non-hydrogen) atoms. The molecule has 2 aliphatic carbocycles. The van der Waals surface area contributed by atoms with E-state index in [1.807, 2.05) is 13.8 Å². The fraction of sp³-hybridized carbons (Fsp3) is 0.595. The van der Waals surface area contributed by atoms with E-state index in [1.165, 1.54) is 22.3 Å². The summed E-state index contributed by atoms with van der Waals surface area (Å²) < 4.78 is 0. The average molecular weight is 543 g/mol. The number of rotatable bonds is 14. The van der Waals surface area contributed by atoms with Gasteiger partial charge in [0.15, 0.2) is 0 Å². The number of hydrogen-bond donors (Lipinski definition) is 0. The topological polar surface area (TPSA) is 51.2 Å². The molecule has 4 rings (SSSR count). The zero-order valence-electron chi connectivity index (χ0n) is 25.0. The largest absolute Gasteiger partial charge is 0.300 e. The highest BCUT2D eigenvalue weighted by Crippen LogP contribution is 2.37. The summed E-state index contributed by atoms with van der Waals surface area (Å²) in [6.45, 7) is 3.96. The number of benzene rings is 2. The fourth-order valence-corrected chi connectivity index (χ4v) is 7.09. The predicted molar refractivity (Wildman–Crippen MR) is 164 cm³/mol. The lowest BCUT2D eigenvalue weighted by molar-refractivity contribution is -0.124. The van der Waals surface area contributed by atoms with E-state index in [9.17, 15) is 14.4 Å². The molecule has 216 valence electrons. The van der Waals surface area contributed by atoms with Crippen LogP contribution < -0.4 is 0 Å². The van der Waals surface area contributed by atoms with Crippen LogP contribution >= 0.6 is 0 Å². The zero-order chi connectivity index (χ0) is 28.3. The first kappa shape index (κ1) is 30.4. The Morgan fingerprint density at radius 1 is 0.550 bits per heavy atom. The van der Waals surface area contributed by atoms with Crippen molar-refractivity contribution >= 4 is 17.3 Å². The first-order valence-corrected chi connectivity index (χ1v) is 16.2. The predicted octanol–water partition coefficient (Wildman–Crippen LogP) is 9.11. The molecule has 0 unspecified atom stereocenters. The van der Waals surface area contributed by atoms with Gasteiger partial charge in [0.1, 0.15) is 17.3 Å². The molecule has 0 N–H and O–H groups in total. The molecule has 0 heterocycles. The standard InChI is InChI=1S/C37H50O3/c1-3-36(39)33-23-19-31(20-24-33)29-15-11-27(12-16-29)7-5-9-35(38)10-6-8-28-13-17-30(18-14-28)32-21-25-34(26-22-32)37(40)4-2/h11-18,31-34H,3-10,19-26H2,1-2H3. The van der Waals surface area contributed by atoms with Gasteiger partial charge in [-0.2, -0.15) is 0 Å². The van der Waals surface area contributed by atoms with Crippen LogP contribution in [0.5, 0.6) is 0 Å². The summed E-state index contributed by atoms with van der Waals surface area (Å²) in [5.74, 6) is 3.01. The quantitative estimate of drug-likeness (QED) is 0.239. The average Bonchev–Trinajstić information content (AvgIpc) is 3.01. The minimum absolute atomic E-state index is 0.290. The van der Waals surface area contributed by atoms with Crippen molar-refractivity contribution in [3.8, 4) is 0 Å². The van der Waals surface area contributed by atoms with E-state index in [0.29, 0.717) is 66.7 Å². The maximum atomic E-state index is 12.5. The van der Waals surface area contributed by atoms with Crippen molar-refractivity contribution in [3.05, 3.63) is 70.8 Å². The van der Waals surface area contributed by atoms with Crippen molar-refractivity contribution < 1.29 is 14.4 Å². The van der Waals surface area contributed by atoms with Gasteiger partial charge in [-0.1, -0.05) is 62.4 Å². The van der Waals surface area contributed by atoms with Gasteiger partial charge in [-0.3, -0.25) is 14.4 Å². The number of Topliss-reactive ketones (excluding diaryl/α,β-unsaturated/α-hetero) is 3. The third-order valence-electron chi connectivity index (χ3n) is 9.81. The maximum absolute atomic E-state index is 12.5. The van der Waals surface area contributed by atoms with E-state index in [-0.39, 0.29) is 0 Å². The van der Waals surface area contributed by atoms with Crippen LogP contribution in [0.15, 0.2) is 48.5 Å². The Morgan fingerprint density at radius 2 is 0.900 bits per heavy atom. The Balaban J connectivity index is 1.10. The summed E-state index contributed by atoms with van der Waals surface area (Å²) in [5, 5.41) is 0. The van der Waals surface area contributed by atoms with Crippen LogP contribution in [0.2, 0.25) is 0 Å². The molecule has 0 radical (unpaired) electrons. The minimum atomic E-state index is 0.290. The third kappa shape index (κ3) is 8.72. The second-order valence-corrected chi connectivity index (χ2v) is 12.5.